The molecule has 1 amide bonds. The number of amides is 1. The van der Waals surface area contributed by atoms with E-state index in [0.717, 1.165) is 5.69 Å². The topological polar surface area (TPSA) is 120 Å². The molecule has 0 saturated carbocycles. The minimum atomic E-state index is -0.971. The summed E-state index contributed by atoms with van der Waals surface area (Å²) in [6, 6.07) is 7.93. The quantitative estimate of drug-likeness (QED) is 0.761. The van der Waals surface area contributed by atoms with Gasteiger partial charge in [-0.2, -0.15) is 5.26 Å². The molecule has 0 unspecified atom stereocenters. The molecule has 0 bridgehead atoms. The molecule has 1 aliphatic heterocycles. The Balaban J connectivity index is 0.000000209. The van der Waals surface area contributed by atoms with E-state index in [0.29, 0.717) is 27.1 Å². The van der Waals surface area contributed by atoms with Crippen LogP contribution >= 0.6 is 22.9 Å². The molecule has 1 saturated heterocycles. The summed E-state index contributed by atoms with van der Waals surface area (Å²) >= 11 is 6.98. The number of carboxylic acid groups (broad SMARTS) is 1. The van der Waals surface area contributed by atoms with Gasteiger partial charge in [-0.15, -0.1) is 0 Å². The van der Waals surface area contributed by atoms with E-state index in [1.165, 1.54) is 16.2 Å². The molecule has 1 atom stereocenters. The summed E-state index contributed by atoms with van der Waals surface area (Å²) < 4.78 is 0. The maximum absolute atomic E-state index is 11.6. The Hall–Kier alpha value is -2.63. The van der Waals surface area contributed by atoms with E-state index in [9.17, 15) is 9.59 Å². The lowest BCUT2D eigenvalue weighted by molar-refractivity contribution is -0.138. The van der Waals surface area contributed by atoms with E-state index in [-0.39, 0.29) is 17.7 Å². The highest BCUT2D eigenvalue weighted by atomic mass is 35.5. The zero-order valence-corrected chi connectivity index (χ0v) is 17.3. The second kappa shape index (κ2) is 8.59. The lowest BCUT2D eigenvalue weighted by Gasteiger charge is -2.21. The van der Waals surface area contributed by atoms with E-state index in [4.69, 9.17) is 27.7 Å². The Morgan fingerprint density at radius 1 is 1.39 bits per heavy atom. The van der Waals surface area contributed by atoms with E-state index in [1.807, 2.05) is 20.8 Å². The molecule has 3 N–H and O–H groups in total. The minimum absolute atomic E-state index is 0.0980. The average Bonchev–Trinajstić information content (AvgIpc) is 3.19. The number of anilines is 2. The number of nitrogen functional groups attached to an aromatic ring is 1. The van der Waals surface area contributed by atoms with Crippen molar-refractivity contribution >= 4 is 45.6 Å². The monoisotopic (exact) mass is 420 g/mol. The summed E-state index contributed by atoms with van der Waals surface area (Å²) in [6.07, 6.45) is 0.635. The Bertz CT molecular complexity index is 913. The Morgan fingerprint density at radius 3 is 2.46 bits per heavy atom. The number of aromatic nitrogens is 1. The highest BCUT2D eigenvalue weighted by Crippen LogP contribution is 2.30. The van der Waals surface area contributed by atoms with Crippen LogP contribution in [0.1, 0.15) is 44.2 Å². The van der Waals surface area contributed by atoms with Gasteiger partial charge in [0, 0.05) is 22.5 Å². The van der Waals surface area contributed by atoms with E-state index in [1.54, 1.807) is 24.3 Å². The van der Waals surface area contributed by atoms with Gasteiger partial charge < -0.3 is 10.8 Å². The molecule has 0 spiro atoms. The zero-order valence-electron chi connectivity index (χ0n) is 15.8. The number of hydrogen-bond donors (Lipinski definition) is 2. The van der Waals surface area contributed by atoms with Gasteiger partial charge in [0.15, 0.2) is 5.13 Å². The summed E-state index contributed by atoms with van der Waals surface area (Å²) in [5.74, 6) is -1.13. The van der Waals surface area contributed by atoms with Crippen LogP contribution in [0.5, 0.6) is 0 Å². The molecule has 148 valence electrons. The van der Waals surface area contributed by atoms with Gasteiger partial charge in [-0.3, -0.25) is 9.69 Å². The Morgan fingerprint density at radius 2 is 2.00 bits per heavy atom. The molecule has 7 nitrogen and oxygen atoms in total. The number of halogens is 1. The normalized spacial score (nSPS) is 16.3. The molecule has 2 aromatic rings. The highest BCUT2D eigenvalue weighted by Gasteiger charge is 2.36. The predicted octanol–water partition coefficient (Wildman–Crippen LogP) is 3.81. The smallest absolute Gasteiger partial charge is 0.326 e. The molecule has 0 radical (unpaired) electrons. The van der Waals surface area contributed by atoms with Gasteiger partial charge >= 0.3 is 5.97 Å². The second-order valence-corrected chi connectivity index (χ2v) is 8.69. The van der Waals surface area contributed by atoms with E-state index in [2.05, 4.69) is 11.1 Å². The van der Waals surface area contributed by atoms with Crippen molar-refractivity contribution in [2.45, 2.75) is 45.1 Å². The number of carbonyl (C=O) groups is 2. The van der Waals surface area contributed by atoms with Crippen LogP contribution in [0.15, 0.2) is 24.3 Å². The summed E-state index contributed by atoms with van der Waals surface area (Å²) in [6.45, 7) is 6.05. The lowest BCUT2D eigenvalue weighted by atomic mass is 9.91. The third-order valence-electron chi connectivity index (χ3n) is 4.06. The van der Waals surface area contributed by atoms with Crippen LogP contribution < -0.4 is 10.6 Å². The molecule has 1 aromatic carbocycles. The number of benzene rings is 1. The number of rotatable bonds is 2. The third kappa shape index (κ3) is 5.00. The molecule has 0 aliphatic carbocycles. The van der Waals surface area contributed by atoms with Crippen molar-refractivity contribution in [3.8, 4) is 6.07 Å². The number of nitriles is 1. The predicted molar refractivity (Wildman–Crippen MR) is 110 cm³/mol. The van der Waals surface area contributed by atoms with Crippen LogP contribution in [0.25, 0.3) is 0 Å². The Kier molecular flexibility index (Phi) is 6.65. The summed E-state index contributed by atoms with van der Waals surface area (Å²) in [4.78, 5) is 28.7. The third-order valence-corrected chi connectivity index (χ3v) is 5.10. The van der Waals surface area contributed by atoms with Crippen molar-refractivity contribution in [2.24, 2.45) is 0 Å². The maximum atomic E-state index is 11.6. The molecular weight excluding hydrogens is 400 g/mol. The number of hydrogen-bond acceptors (Lipinski definition) is 6. The van der Waals surface area contributed by atoms with Crippen molar-refractivity contribution in [3.63, 3.8) is 0 Å². The van der Waals surface area contributed by atoms with Crippen molar-refractivity contribution < 1.29 is 14.7 Å². The largest absolute Gasteiger partial charge is 0.480 e. The van der Waals surface area contributed by atoms with Crippen LogP contribution in [0.3, 0.4) is 0 Å². The van der Waals surface area contributed by atoms with Gasteiger partial charge in [0.05, 0.1) is 5.69 Å². The van der Waals surface area contributed by atoms with Gasteiger partial charge in [0.2, 0.25) is 5.91 Å². The lowest BCUT2D eigenvalue weighted by Crippen LogP contribution is -2.38. The van der Waals surface area contributed by atoms with Crippen molar-refractivity contribution in [1.29, 1.82) is 5.26 Å². The first-order valence-corrected chi connectivity index (χ1v) is 9.71. The first-order chi connectivity index (χ1) is 13.0. The van der Waals surface area contributed by atoms with E-state index < -0.39 is 12.0 Å². The number of nitrogens with two attached hydrogens (primary N) is 1. The number of thiazole rings is 1. The summed E-state index contributed by atoms with van der Waals surface area (Å²) in [7, 11) is 0. The second-order valence-electron chi connectivity index (χ2n) is 7.22. The average molecular weight is 421 g/mol. The maximum Gasteiger partial charge on any atom is 0.326 e. The molecule has 2 heterocycles. The van der Waals surface area contributed by atoms with Crippen molar-refractivity contribution in [2.75, 3.05) is 10.6 Å². The van der Waals surface area contributed by atoms with Crippen LogP contribution in [0.4, 0.5) is 10.8 Å². The van der Waals surface area contributed by atoms with E-state index >= 15 is 0 Å². The van der Waals surface area contributed by atoms with Gasteiger partial charge in [-0.05, 0) is 30.7 Å². The van der Waals surface area contributed by atoms with Gasteiger partial charge in [0.25, 0.3) is 0 Å². The fourth-order valence-electron chi connectivity index (χ4n) is 2.76. The number of aliphatic carboxylic acids is 1. The molecule has 28 heavy (non-hydrogen) atoms. The fourth-order valence-corrected chi connectivity index (χ4v) is 3.73. The van der Waals surface area contributed by atoms with Crippen LogP contribution in [-0.2, 0) is 15.0 Å². The molecule has 1 aliphatic rings. The Labute approximate surface area is 172 Å². The summed E-state index contributed by atoms with van der Waals surface area (Å²) in [5.41, 5.74) is 6.79. The SMILES string of the molecule is CC(C)(C)c1nc(N)sc1C#N.O=C(O)[C@@H]1CCC(=O)N1c1ccc(Cl)cc1. The first kappa shape index (κ1) is 21.7. The number of carboxylic acids is 1. The highest BCUT2D eigenvalue weighted by molar-refractivity contribution is 7.16. The van der Waals surface area contributed by atoms with Crippen LogP contribution in [0, 0.1) is 11.3 Å². The van der Waals surface area contributed by atoms with Gasteiger partial charge in [-0.1, -0.05) is 43.7 Å². The summed E-state index contributed by atoms with van der Waals surface area (Å²) in [5, 5.41) is 18.8. The molecule has 9 heteroatoms. The molecular formula is C19H21ClN4O3S. The number of carbonyl (C=O) groups excluding carboxylic acids is 1. The fraction of sp³-hybridized carbons (Fsp3) is 0.368. The molecule has 3 rings (SSSR count). The minimum Gasteiger partial charge on any atom is -0.480 e. The van der Waals surface area contributed by atoms with Crippen LogP contribution in [-0.4, -0.2) is 28.0 Å². The number of nitrogens with zero attached hydrogens (tertiary/aromatic N) is 3. The van der Waals surface area contributed by atoms with Crippen molar-refractivity contribution in [1.82, 2.24) is 4.98 Å². The first-order valence-electron chi connectivity index (χ1n) is 8.52. The molecule has 1 fully saturated rings. The van der Waals surface area contributed by atoms with Crippen molar-refractivity contribution in [3.05, 3.63) is 39.9 Å². The van der Waals surface area contributed by atoms with Gasteiger partial charge in [-0.25, -0.2) is 9.78 Å². The standard InChI is InChI=1S/C11H10ClNO3.C8H11N3S/c12-7-1-3-8(4-2-7)13-9(11(15)16)5-6-10(13)14;1-8(2,3)6-5(4-9)12-7(10)11-6/h1-4,9H,5-6H2,(H,15,16);1-3H3,(H2,10,11)/t9-;/m0./s1. The van der Waals surface area contributed by atoms with Gasteiger partial charge in [0.1, 0.15) is 17.0 Å². The van der Waals surface area contributed by atoms with Crippen LogP contribution in [0.2, 0.25) is 5.02 Å². The zero-order chi connectivity index (χ0) is 21.1. The molecule has 1 aromatic heterocycles.